The number of benzene rings is 2. The molecule has 6 nitrogen and oxygen atoms in total. The third-order valence-electron chi connectivity index (χ3n) is 3.23. The van der Waals surface area contributed by atoms with E-state index in [-0.39, 0.29) is 5.57 Å². The van der Waals surface area contributed by atoms with Crippen LogP contribution in [0.5, 0.6) is 5.75 Å². The van der Waals surface area contributed by atoms with E-state index in [1.807, 2.05) is 25.1 Å². The Morgan fingerprint density at radius 2 is 1.80 bits per heavy atom. The van der Waals surface area contributed by atoms with Gasteiger partial charge in [-0.2, -0.15) is 5.26 Å². The van der Waals surface area contributed by atoms with Gasteiger partial charge in [-0.3, -0.25) is 4.79 Å². The van der Waals surface area contributed by atoms with Gasteiger partial charge in [-0.15, -0.1) is 0 Å². The Hall–Kier alpha value is -3.59. The molecule has 0 atom stereocenters. The molecule has 0 heterocycles. The van der Waals surface area contributed by atoms with Gasteiger partial charge < -0.3 is 15.2 Å². The van der Waals surface area contributed by atoms with Crippen LogP contribution in [0.25, 0.3) is 6.08 Å². The number of nitriles is 1. The average molecular weight is 336 g/mol. The Balaban J connectivity index is 2.08. The number of hydrogen-bond donors (Lipinski definition) is 2. The number of anilines is 1. The molecule has 0 unspecified atom stereocenters. The zero-order valence-electron chi connectivity index (χ0n) is 13.5. The maximum absolute atomic E-state index is 12.2. The van der Waals surface area contributed by atoms with Crippen LogP contribution in [0.15, 0.2) is 54.1 Å². The van der Waals surface area contributed by atoms with E-state index < -0.39 is 18.5 Å². The standard InChI is InChI=1S/C19H16N2O4/c1-13-2-6-16(7-3-13)21-19(24)15(11-20)10-14-4-8-17(9-5-14)25-12-18(22)23/h2-10H,12H2,1H3,(H,21,24)(H,22,23)/b15-10+. The van der Waals surface area contributed by atoms with E-state index in [0.717, 1.165) is 5.56 Å². The molecule has 0 aliphatic heterocycles. The van der Waals surface area contributed by atoms with Gasteiger partial charge in [0.1, 0.15) is 17.4 Å². The van der Waals surface area contributed by atoms with Gasteiger partial charge in [0.2, 0.25) is 0 Å². The fourth-order valence-corrected chi connectivity index (χ4v) is 1.96. The predicted octanol–water partition coefficient (Wildman–Crippen LogP) is 3.00. The van der Waals surface area contributed by atoms with Gasteiger partial charge in [0.05, 0.1) is 0 Å². The van der Waals surface area contributed by atoms with E-state index in [1.54, 1.807) is 36.4 Å². The summed E-state index contributed by atoms with van der Waals surface area (Å²) < 4.78 is 5.03. The summed E-state index contributed by atoms with van der Waals surface area (Å²) in [6, 6.07) is 15.5. The van der Waals surface area contributed by atoms with Gasteiger partial charge in [0.25, 0.3) is 5.91 Å². The molecule has 6 heteroatoms. The molecule has 25 heavy (non-hydrogen) atoms. The van der Waals surface area contributed by atoms with Gasteiger partial charge in [-0.25, -0.2) is 4.79 Å². The number of aliphatic carboxylic acids is 1. The Kier molecular flexibility index (Phi) is 5.91. The summed E-state index contributed by atoms with van der Waals surface area (Å²) in [7, 11) is 0. The van der Waals surface area contributed by atoms with Crippen LogP contribution < -0.4 is 10.1 Å². The van der Waals surface area contributed by atoms with Gasteiger partial charge in [-0.05, 0) is 42.8 Å². The van der Waals surface area contributed by atoms with Crippen molar-refractivity contribution < 1.29 is 19.4 Å². The lowest BCUT2D eigenvalue weighted by Gasteiger charge is -2.05. The number of carboxylic acids is 1. The third-order valence-corrected chi connectivity index (χ3v) is 3.23. The Morgan fingerprint density at radius 3 is 2.36 bits per heavy atom. The molecule has 0 saturated carbocycles. The van der Waals surface area contributed by atoms with Gasteiger partial charge >= 0.3 is 5.97 Å². The molecular formula is C19H16N2O4. The Labute approximate surface area is 145 Å². The van der Waals surface area contributed by atoms with E-state index in [2.05, 4.69) is 5.32 Å². The number of nitrogens with zero attached hydrogens (tertiary/aromatic N) is 1. The van der Waals surface area contributed by atoms with Crippen molar-refractivity contribution in [3.8, 4) is 11.8 Å². The zero-order valence-corrected chi connectivity index (χ0v) is 13.5. The summed E-state index contributed by atoms with van der Waals surface area (Å²) in [6.07, 6.45) is 1.45. The zero-order chi connectivity index (χ0) is 18.2. The summed E-state index contributed by atoms with van der Waals surface area (Å²) >= 11 is 0. The number of carbonyl (C=O) groups excluding carboxylic acids is 1. The van der Waals surface area contributed by atoms with Crippen LogP contribution >= 0.6 is 0 Å². The number of aryl methyl sites for hydroxylation is 1. The SMILES string of the molecule is Cc1ccc(NC(=O)/C(C#N)=C/c2ccc(OCC(=O)O)cc2)cc1. The minimum absolute atomic E-state index is 0.0419. The highest BCUT2D eigenvalue weighted by Crippen LogP contribution is 2.16. The number of rotatable bonds is 6. The fraction of sp³-hybridized carbons (Fsp3) is 0.105. The molecule has 0 bridgehead atoms. The van der Waals surface area contributed by atoms with Crippen molar-refractivity contribution in [1.82, 2.24) is 0 Å². The van der Waals surface area contributed by atoms with Crippen LogP contribution in [0, 0.1) is 18.3 Å². The van der Waals surface area contributed by atoms with Crippen molar-refractivity contribution in [2.24, 2.45) is 0 Å². The predicted molar refractivity (Wildman–Crippen MR) is 93.0 cm³/mol. The summed E-state index contributed by atoms with van der Waals surface area (Å²) in [5, 5.41) is 20.4. The van der Waals surface area contributed by atoms with Crippen LogP contribution in [0.4, 0.5) is 5.69 Å². The van der Waals surface area contributed by atoms with Gasteiger partial charge in [-0.1, -0.05) is 29.8 Å². The lowest BCUT2D eigenvalue weighted by Crippen LogP contribution is -2.13. The highest BCUT2D eigenvalue weighted by molar-refractivity contribution is 6.09. The number of nitrogens with one attached hydrogen (secondary N) is 1. The molecular weight excluding hydrogens is 320 g/mol. The Bertz CT molecular complexity index is 831. The van der Waals surface area contributed by atoms with Gasteiger partial charge in [0.15, 0.2) is 6.61 Å². The first-order valence-corrected chi connectivity index (χ1v) is 7.42. The van der Waals surface area contributed by atoms with E-state index in [0.29, 0.717) is 17.0 Å². The highest BCUT2D eigenvalue weighted by Gasteiger charge is 2.09. The molecule has 0 aliphatic rings. The van der Waals surface area contributed by atoms with E-state index in [4.69, 9.17) is 9.84 Å². The molecule has 1 amide bonds. The molecule has 0 aromatic heterocycles. The van der Waals surface area contributed by atoms with Gasteiger partial charge in [0, 0.05) is 5.69 Å². The molecule has 2 aromatic carbocycles. The molecule has 0 radical (unpaired) electrons. The average Bonchev–Trinajstić information content (AvgIpc) is 2.60. The quantitative estimate of drug-likeness (QED) is 0.624. The summed E-state index contributed by atoms with van der Waals surface area (Å²) in [4.78, 5) is 22.6. The largest absolute Gasteiger partial charge is 0.482 e. The second-order valence-electron chi connectivity index (χ2n) is 5.24. The lowest BCUT2D eigenvalue weighted by molar-refractivity contribution is -0.139. The second kappa shape index (κ2) is 8.31. The monoisotopic (exact) mass is 336 g/mol. The normalized spacial score (nSPS) is 10.6. The molecule has 2 aromatic rings. The van der Waals surface area contributed by atoms with E-state index >= 15 is 0 Å². The number of ether oxygens (including phenoxy) is 1. The smallest absolute Gasteiger partial charge is 0.341 e. The van der Waals surface area contributed by atoms with Crippen LogP contribution in [0.2, 0.25) is 0 Å². The number of amides is 1. The first-order chi connectivity index (χ1) is 12.0. The molecule has 2 rings (SSSR count). The van der Waals surface area contributed by atoms with Crippen molar-refractivity contribution in [2.75, 3.05) is 11.9 Å². The van der Waals surface area contributed by atoms with Crippen LogP contribution in [0.1, 0.15) is 11.1 Å². The molecule has 0 fully saturated rings. The molecule has 0 saturated heterocycles. The Morgan fingerprint density at radius 1 is 1.16 bits per heavy atom. The fourth-order valence-electron chi connectivity index (χ4n) is 1.96. The van der Waals surface area contributed by atoms with E-state index in [1.165, 1.54) is 6.08 Å². The summed E-state index contributed by atoms with van der Waals surface area (Å²) in [6.45, 7) is 1.51. The third kappa shape index (κ3) is 5.52. The summed E-state index contributed by atoms with van der Waals surface area (Å²) in [5.74, 6) is -1.18. The van der Waals surface area contributed by atoms with Crippen molar-refractivity contribution in [3.63, 3.8) is 0 Å². The molecule has 0 aliphatic carbocycles. The summed E-state index contributed by atoms with van der Waals surface area (Å²) in [5.41, 5.74) is 2.26. The van der Waals surface area contributed by atoms with Crippen molar-refractivity contribution in [2.45, 2.75) is 6.92 Å². The number of carbonyl (C=O) groups is 2. The van der Waals surface area contributed by atoms with Crippen LogP contribution in [-0.4, -0.2) is 23.6 Å². The van der Waals surface area contributed by atoms with Crippen LogP contribution in [-0.2, 0) is 9.59 Å². The van der Waals surface area contributed by atoms with E-state index in [9.17, 15) is 14.9 Å². The number of carboxylic acid groups (broad SMARTS) is 1. The highest BCUT2D eigenvalue weighted by atomic mass is 16.5. The minimum Gasteiger partial charge on any atom is -0.482 e. The first-order valence-electron chi connectivity index (χ1n) is 7.42. The first kappa shape index (κ1) is 17.8. The second-order valence-corrected chi connectivity index (χ2v) is 5.24. The molecule has 2 N–H and O–H groups in total. The lowest BCUT2D eigenvalue weighted by atomic mass is 10.1. The molecule has 0 spiro atoms. The maximum atomic E-state index is 12.2. The maximum Gasteiger partial charge on any atom is 0.341 e. The number of hydrogen-bond acceptors (Lipinski definition) is 4. The molecule has 126 valence electrons. The van der Waals surface area contributed by atoms with Crippen LogP contribution in [0.3, 0.4) is 0 Å². The van der Waals surface area contributed by atoms with Crippen molar-refractivity contribution in [1.29, 1.82) is 5.26 Å². The topological polar surface area (TPSA) is 99.4 Å². The van der Waals surface area contributed by atoms with Crippen molar-refractivity contribution in [3.05, 3.63) is 65.2 Å². The minimum atomic E-state index is -1.07. The van der Waals surface area contributed by atoms with Crippen molar-refractivity contribution >= 4 is 23.6 Å².